The van der Waals surface area contributed by atoms with Crippen molar-refractivity contribution in [3.05, 3.63) is 28.2 Å². The summed E-state index contributed by atoms with van der Waals surface area (Å²) in [5.41, 5.74) is 6.20. The molecule has 106 valence electrons. The molecule has 0 radical (unpaired) electrons. The maximum Gasteiger partial charge on any atom is 0.208 e. The summed E-state index contributed by atoms with van der Waals surface area (Å²) in [5.74, 6) is 0.0769. The Labute approximate surface area is 132 Å². The van der Waals surface area contributed by atoms with E-state index in [2.05, 4.69) is 31.3 Å². The molecule has 0 saturated heterocycles. The molecule has 0 fully saturated rings. The third-order valence-corrected chi connectivity index (χ3v) is 5.45. The zero-order valence-electron chi connectivity index (χ0n) is 10.7. The summed E-state index contributed by atoms with van der Waals surface area (Å²) in [5, 5.41) is 20.7. The number of amidine groups is 1. The van der Waals surface area contributed by atoms with Crippen LogP contribution in [0.25, 0.3) is 0 Å². The van der Waals surface area contributed by atoms with Gasteiger partial charge in [-0.15, -0.1) is 10.2 Å². The second-order valence-electron chi connectivity index (χ2n) is 3.98. The van der Waals surface area contributed by atoms with Crippen LogP contribution in [0.1, 0.15) is 5.56 Å². The van der Waals surface area contributed by atoms with Crippen molar-refractivity contribution in [2.24, 2.45) is 10.9 Å². The smallest absolute Gasteiger partial charge is 0.208 e. The Bertz CT molecular complexity index is 643. The highest BCUT2D eigenvalue weighted by atomic mass is 79.9. The molecule has 0 aliphatic heterocycles. The van der Waals surface area contributed by atoms with Crippen molar-refractivity contribution in [2.75, 3.05) is 19.0 Å². The number of oxime groups is 1. The van der Waals surface area contributed by atoms with Gasteiger partial charge in [-0.25, -0.2) is 0 Å². The fraction of sp³-hybridized carbons (Fsp3) is 0.182. The Kier molecular flexibility index (Phi) is 4.84. The standard InChI is InChI=1S/C11H12BrN5OS2/c1-17(2)10-14-15-11(20-10)19-8-4-3-6(5-7(8)12)9(13)16-18/h3-5,18H,1-2H3,(H2,13,16). The third-order valence-electron chi connectivity index (χ3n) is 2.31. The molecule has 6 nitrogen and oxygen atoms in total. The van der Waals surface area contributed by atoms with E-state index < -0.39 is 0 Å². The first kappa shape index (κ1) is 15.1. The van der Waals surface area contributed by atoms with Crippen LogP contribution in [0.3, 0.4) is 0 Å². The highest BCUT2D eigenvalue weighted by Gasteiger charge is 2.11. The molecule has 20 heavy (non-hydrogen) atoms. The molecular formula is C11H12BrN5OS2. The number of halogens is 1. The SMILES string of the molecule is CN(C)c1nnc(Sc2ccc(/C(N)=N/O)cc2Br)s1. The predicted octanol–water partition coefficient (Wildman–Crippen LogP) is 2.61. The van der Waals surface area contributed by atoms with Crippen LogP contribution in [-0.4, -0.2) is 35.3 Å². The number of hydrogen-bond donors (Lipinski definition) is 2. The lowest BCUT2D eigenvalue weighted by molar-refractivity contribution is 0.318. The van der Waals surface area contributed by atoms with Crippen LogP contribution in [0.15, 0.2) is 37.1 Å². The molecule has 1 aromatic carbocycles. The average Bonchev–Trinajstić information content (AvgIpc) is 2.89. The third kappa shape index (κ3) is 3.41. The topological polar surface area (TPSA) is 87.6 Å². The van der Waals surface area contributed by atoms with Crippen molar-refractivity contribution in [1.29, 1.82) is 0 Å². The highest BCUT2D eigenvalue weighted by molar-refractivity contribution is 9.10. The fourth-order valence-corrected chi connectivity index (χ4v) is 3.66. The minimum absolute atomic E-state index is 0.0769. The van der Waals surface area contributed by atoms with Gasteiger partial charge in [-0.1, -0.05) is 28.3 Å². The molecular weight excluding hydrogens is 362 g/mol. The summed E-state index contributed by atoms with van der Waals surface area (Å²) < 4.78 is 1.71. The number of nitrogens with two attached hydrogens (primary N) is 1. The summed E-state index contributed by atoms with van der Waals surface area (Å²) in [6, 6.07) is 5.47. The number of rotatable bonds is 4. The van der Waals surface area contributed by atoms with Gasteiger partial charge < -0.3 is 15.8 Å². The molecule has 0 saturated carbocycles. The quantitative estimate of drug-likeness (QED) is 0.370. The van der Waals surface area contributed by atoms with Gasteiger partial charge in [-0.2, -0.15) is 0 Å². The van der Waals surface area contributed by atoms with Crippen LogP contribution in [-0.2, 0) is 0 Å². The molecule has 0 atom stereocenters. The Balaban J connectivity index is 2.21. The minimum atomic E-state index is 0.0769. The van der Waals surface area contributed by atoms with E-state index in [0.717, 1.165) is 18.8 Å². The molecule has 2 aromatic rings. The number of benzene rings is 1. The molecule has 1 heterocycles. The van der Waals surface area contributed by atoms with E-state index in [-0.39, 0.29) is 5.84 Å². The predicted molar refractivity (Wildman–Crippen MR) is 85.0 cm³/mol. The molecule has 0 unspecified atom stereocenters. The van der Waals surface area contributed by atoms with E-state index in [1.54, 1.807) is 12.1 Å². The van der Waals surface area contributed by atoms with Gasteiger partial charge in [0.05, 0.1) is 0 Å². The Morgan fingerprint density at radius 1 is 1.45 bits per heavy atom. The van der Waals surface area contributed by atoms with Crippen molar-refractivity contribution >= 4 is 50.0 Å². The zero-order valence-corrected chi connectivity index (χ0v) is 14.0. The normalized spacial score (nSPS) is 11.7. The maximum atomic E-state index is 8.66. The largest absolute Gasteiger partial charge is 0.409 e. The zero-order chi connectivity index (χ0) is 14.7. The first-order chi connectivity index (χ1) is 9.51. The highest BCUT2D eigenvalue weighted by Crippen LogP contribution is 2.36. The van der Waals surface area contributed by atoms with E-state index in [4.69, 9.17) is 10.9 Å². The number of nitrogens with zero attached hydrogens (tertiary/aromatic N) is 4. The van der Waals surface area contributed by atoms with Crippen LogP contribution < -0.4 is 10.6 Å². The Morgan fingerprint density at radius 2 is 2.20 bits per heavy atom. The van der Waals surface area contributed by atoms with E-state index >= 15 is 0 Å². The number of aromatic nitrogens is 2. The lowest BCUT2D eigenvalue weighted by Crippen LogP contribution is -2.12. The van der Waals surface area contributed by atoms with Crippen molar-refractivity contribution in [2.45, 2.75) is 9.24 Å². The van der Waals surface area contributed by atoms with Crippen molar-refractivity contribution in [1.82, 2.24) is 10.2 Å². The van der Waals surface area contributed by atoms with E-state index in [1.165, 1.54) is 23.1 Å². The van der Waals surface area contributed by atoms with E-state index in [0.29, 0.717) is 5.56 Å². The summed E-state index contributed by atoms with van der Waals surface area (Å²) in [6.45, 7) is 0. The van der Waals surface area contributed by atoms with Crippen LogP contribution in [0.4, 0.5) is 5.13 Å². The summed E-state index contributed by atoms with van der Waals surface area (Å²) in [4.78, 5) is 2.90. The monoisotopic (exact) mass is 373 g/mol. The van der Waals surface area contributed by atoms with Gasteiger partial charge in [0.15, 0.2) is 10.2 Å². The summed E-state index contributed by atoms with van der Waals surface area (Å²) in [6.07, 6.45) is 0. The van der Waals surface area contributed by atoms with Gasteiger partial charge >= 0.3 is 0 Å². The number of anilines is 1. The molecule has 0 amide bonds. The fourth-order valence-electron chi connectivity index (χ4n) is 1.32. The molecule has 0 spiro atoms. The van der Waals surface area contributed by atoms with Crippen LogP contribution >= 0.6 is 39.0 Å². The van der Waals surface area contributed by atoms with Crippen LogP contribution in [0.5, 0.6) is 0 Å². The van der Waals surface area contributed by atoms with E-state index in [1.807, 2.05) is 25.1 Å². The van der Waals surface area contributed by atoms with Crippen LogP contribution in [0.2, 0.25) is 0 Å². The number of hydrogen-bond acceptors (Lipinski definition) is 7. The molecule has 0 aliphatic rings. The second kappa shape index (κ2) is 6.42. The van der Waals surface area contributed by atoms with Gasteiger partial charge in [-0.3, -0.25) is 0 Å². The first-order valence-corrected chi connectivity index (χ1v) is 7.90. The Morgan fingerprint density at radius 3 is 2.75 bits per heavy atom. The summed E-state index contributed by atoms with van der Waals surface area (Å²) in [7, 11) is 3.85. The van der Waals surface area contributed by atoms with Gasteiger partial charge in [0.1, 0.15) is 0 Å². The maximum absolute atomic E-state index is 8.66. The molecule has 0 bridgehead atoms. The van der Waals surface area contributed by atoms with Gasteiger partial charge in [-0.05, 0) is 34.1 Å². The molecule has 0 aliphatic carbocycles. The van der Waals surface area contributed by atoms with Crippen molar-refractivity contribution in [3.8, 4) is 0 Å². The van der Waals surface area contributed by atoms with Gasteiger partial charge in [0, 0.05) is 29.0 Å². The molecule has 1 aromatic heterocycles. The van der Waals surface area contributed by atoms with Gasteiger partial charge in [0.25, 0.3) is 0 Å². The average molecular weight is 374 g/mol. The van der Waals surface area contributed by atoms with Gasteiger partial charge in [0.2, 0.25) is 5.13 Å². The molecule has 3 N–H and O–H groups in total. The second-order valence-corrected chi connectivity index (χ2v) is 7.08. The lowest BCUT2D eigenvalue weighted by atomic mass is 10.2. The minimum Gasteiger partial charge on any atom is -0.409 e. The molecule has 2 rings (SSSR count). The Hall–Kier alpha value is -1.32. The van der Waals surface area contributed by atoms with Crippen molar-refractivity contribution < 1.29 is 5.21 Å². The lowest BCUT2D eigenvalue weighted by Gasteiger charge is -2.05. The van der Waals surface area contributed by atoms with Crippen molar-refractivity contribution in [3.63, 3.8) is 0 Å². The molecule has 9 heteroatoms. The first-order valence-electron chi connectivity index (χ1n) is 5.47. The van der Waals surface area contributed by atoms with E-state index in [9.17, 15) is 0 Å². The summed E-state index contributed by atoms with van der Waals surface area (Å²) >= 11 is 6.50. The van der Waals surface area contributed by atoms with Crippen LogP contribution in [0, 0.1) is 0 Å².